The Kier molecular flexibility index (Phi) is 4.90. The smallest absolute Gasteiger partial charge is 0.224 e. The second kappa shape index (κ2) is 6.44. The fourth-order valence-corrected chi connectivity index (χ4v) is 2.94. The lowest BCUT2D eigenvalue weighted by atomic mass is 10.1. The molecule has 2 nitrogen and oxygen atoms in total. The third-order valence-electron chi connectivity index (χ3n) is 3.38. The number of benzene rings is 1. The van der Waals surface area contributed by atoms with Crippen molar-refractivity contribution in [1.82, 2.24) is 5.32 Å². The van der Waals surface area contributed by atoms with E-state index in [9.17, 15) is 4.79 Å². The molecule has 0 aliphatic heterocycles. The second-order valence-electron chi connectivity index (χ2n) is 4.82. The number of hydrogen-bond acceptors (Lipinski definition) is 1. The van der Waals surface area contributed by atoms with E-state index in [0.717, 1.165) is 18.4 Å². The average molecular weight is 286 g/mol. The molecular weight excluding hydrogens is 269 g/mol. The van der Waals surface area contributed by atoms with E-state index in [1.807, 2.05) is 18.2 Å². The van der Waals surface area contributed by atoms with Crippen LogP contribution in [0.4, 0.5) is 0 Å². The summed E-state index contributed by atoms with van der Waals surface area (Å²) in [4.78, 5) is 11.8. The fraction of sp³-hybridized carbons (Fsp3) is 0.500. The summed E-state index contributed by atoms with van der Waals surface area (Å²) in [5, 5.41) is 3.84. The number of amides is 1. The second-order valence-corrected chi connectivity index (χ2v) is 5.81. The first kappa shape index (κ1) is 13.7. The zero-order valence-electron chi connectivity index (χ0n) is 10.2. The molecular formula is C14H17Cl2NO. The van der Waals surface area contributed by atoms with Gasteiger partial charge in [0.05, 0.1) is 6.42 Å². The first-order valence-electron chi connectivity index (χ1n) is 6.30. The number of halogens is 2. The highest BCUT2D eigenvalue weighted by molar-refractivity contribution is 6.30. The van der Waals surface area contributed by atoms with Crippen molar-refractivity contribution in [2.75, 3.05) is 6.54 Å². The van der Waals surface area contributed by atoms with Crippen LogP contribution < -0.4 is 5.32 Å². The molecule has 1 N–H and O–H groups in total. The first-order valence-corrected chi connectivity index (χ1v) is 7.12. The standard InChI is InChI=1S/C14H17Cl2NO/c15-12-5-1-3-10(7-12)8-14(18)17-9-11-4-2-6-13(11)16/h1,3,5,7,11,13H,2,4,6,8-9H2,(H,17,18). The molecule has 1 fully saturated rings. The summed E-state index contributed by atoms with van der Waals surface area (Å²) >= 11 is 12.1. The van der Waals surface area contributed by atoms with Gasteiger partial charge in [-0.1, -0.05) is 30.2 Å². The number of carbonyl (C=O) groups is 1. The minimum Gasteiger partial charge on any atom is -0.355 e. The van der Waals surface area contributed by atoms with Crippen LogP contribution in [0.5, 0.6) is 0 Å². The van der Waals surface area contributed by atoms with Gasteiger partial charge in [-0.05, 0) is 36.5 Å². The lowest BCUT2D eigenvalue weighted by molar-refractivity contribution is -0.120. The molecule has 1 aromatic rings. The highest BCUT2D eigenvalue weighted by Gasteiger charge is 2.25. The van der Waals surface area contributed by atoms with Crippen LogP contribution in [-0.2, 0) is 11.2 Å². The lowest BCUT2D eigenvalue weighted by Gasteiger charge is -2.14. The van der Waals surface area contributed by atoms with E-state index in [1.54, 1.807) is 6.07 Å². The lowest BCUT2D eigenvalue weighted by Crippen LogP contribution is -2.32. The summed E-state index contributed by atoms with van der Waals surface area (Å²) in [5.41, 5.74) is 0.939. The zero-order chi connectivity index (χ0) is 13.0. The largest absolute Gasteiger partial charge is 0.355 e. The minimum absolute atomic E-state index is 0.0352. The Morgan fingerprint density at radius 2 is 2.22 bits per heavy atom. The van der Waals surface area contributed by atoms with E-state index >= 15 is 0 Å². The summed E-state index contributed by atoms with van der Waals surface area (Å²) in [7, 11) is 0. The van der Waals surface area contributed by atoms with Crippen LogP contribution in [0.1, 0.15) is 24.8 Å². The fourth-order valence-electron chi connectivity index (χ4n) is 2.36. The molecule has 1 aliphatic carbocycles. The van der Waals surface area contributed by atoms with Crippen molar-refractivity contribution in [3.8, 4) is 0 Å². The number of alkyl halides is 1. The molecule has 18 heavy (non-hydrogen) atoms. The molecule has 1 aromatic carbocycles. The summed E-state index contributed by atoms with van der Waals surface area (Å²) in [5.74, 6) is 0.461. The Morgan fingerprint density at radius 1 is 1.39 bits per heavy atom. The third-order valence-corrected chi connectivity index (χ3v) is 4.19. The third kappa shape index (κ3) is 3.89. The van der Waals surface area contributed by atoms with E-state index in [2.05, 4.69) is 5.32 Å². The Balaban J connectivity index is 1.78. The van der Waals surface area contributed by atoms with Gasteiger partial charge in [0.2, 0.25) is 5.91 Å². The van der Waals surface area contributed by atoms with E-state index in [0.29, 0.717) is 23.9 Å². The molecule has 1 saturated carbocycles. The highest BCUT2D eigenvalue weighted by Crippen LogP contribution is 2.29. The van der Waals surface area contributed by atoms with Gasteiger partial charge in [0.1, 0.15) is 0 Å². The van der Waals surface area contributed by atoms with Crippen LogP contribution in [0.2, 0.25) is 5.02 Å². The predicted octanol–water partition coefficient (Wildman–Crippen LogP) is 3.41. The Morgan fingerprint density at radius 3 is 2.89 bits per heavy atom. The maximum absolute atomic E-state index is 11.8. The van der Waals surface area contributed by atoms with Crippen LogP contribution in [0.3, 0.4) is 0 Å². The van der Waals surface area contributed by atoms with Crippen molar-refractivity contribution in [1.29, 1.82) is 0 Å². The first-order chi connectivity index (χ1) is 8.65. The number of hydrogen-bond donors (Lipinski definition) is 1. The van der Waals surface area contributed by atoms with Crippen LogP contribution in [-0.4, -0.2) is 17.8 Å². The summed E-state index contributed by atoms with van der Waals surface area (Å²) in [6.07, 6.45) is 3.73. The van der Waals surface area contributed by atoms with Gasteiger partial charge in [0, 0.05) is 16.9 Å². The number of rotatable bonds is 4. The van der Waals surface area contributed by atoms with Crippen LogP contribution in [0.25, 0.3) is 0 Å². The van der Waals surface area contributed by atoms with Crippen LogP contribution >= 0.6 is 23.2 Å². The van der Waals surface area contributed by atoms with Crippen LogP contribution in [0, 0.1) is 5.92 Å². The molecule has 1 amide bonds. The van der Waals surface area contributed by atoms with E-state index in [4.69, 9.17) is 23.2 Å². The average Bonchev–Trinajstić information content (AvgIpc) is 2.72. The Labute approximate surface area is 118 Å². The SMILES string of the molecule is O=C(Cc1cccc(Cl)c1)NCC1CCCC1Cl. The molecule has 4 heteroatoms. The van der Waals surface area contributed by atoms with Gasteiger partial charge in [0.25, 0.3) is 0 Å². The van der Waals surface area contributed by atoms with Crippen molar-refractivity contribution in [2.45, 2.75) is 31.1 Å². The molecule has 1 aliphatic rings. The molecule has 2 unspecified atom stereocenters. The van der Waals surface area contributed by atoms with Gasteiger partial charge in [0.15, 0.2) is 0 Å². The van der Waals surface area contributed by atoms with Gasteiger partial charge in [-0.2, -0.15) is 0 Å². The Bertz CT molecular complexity index is 422. The van der Waals surface area contributed by atoms with E-state index in [-0.39, 0.29) is 11.3 Å². The molecule has 0 heterocycles. The monoisotopic (exact) mass is 285 g/mol. The molecule has 0 spiro atoms. The van der Waals surface area contributed by atoms with Gasteiger partial charge in [-0.25, -0.2) is 0 Å². The van der Waals surface area contributed by atoms with Crippen molar-refractivity contribution >= 4 is 29.1 Å². The van der Waals surface area contributed by atoms with Gasteiger partial charge < -0.3 is 5.32 Å². The van der Waals surface area contributed by atoms with E-state index < -0.39 is 0 Å². The van der Waals surface area contributed by atoms with Gasteiger partial charge >= 0.3 is 0 Å². The zero-order valence-corrected chi connectivity index (χ0v) is 11.7. The molecule has 0 radical (unpaired) electrons. The van der Waals surface area contributed by atoms with Crippen molar-refractivity contribution in [2.24, 2.45) is 5.92 Å². The van der Waals surface area contributed by atoms with Gasteiger partial charge in [-0.3, -0.25) is 4.79 Å². The molecule has 0 aromatic heterocycles. The number of carbonyl (C=O) groups excluding carboxylic acids is 1. The highest BCUT2D eigenvalue weighted by atomic mass is 35.5. The molecule has 0 saturated heterocycles. The maximum Gasteiger partial charge on any atom is 0.224 e. The van der Waals surface area contributed by atoms with Crippen molar-refractivity contribution in [3.05, 3.63) is 34.9 Å². The number of nitrogens with one attached hydrogen (secondary N) is 1. The van der Waals surface area contributed by atoms with Gasteiger partial charge in [-0.15, -0.1) is 11.6 Å². The van der Waals surface area contributed by atoms with E-state index in [1.165, 1.54) is 6.42 Å². The Hall–Kier alpha value is -0.730. The quantitative estimate of drug-likeness (QED) is 0.844. The minimum atomic E-state index is 0.0352. The molecule has 0 bridgehead atoms. The topological polar surface area (TPSA) is 29.1 Å². The summed E-state index contributed by atoms with van der Waals surface area (Å²) in [6, 6.07) is 7.39. The molecule has 2 rings (SSSR count). The normalized spacial score (nSPS) is 23.0. The van der Waals surface area contributed by atoms with Crippen molar-refractivity contribution in [3.63, 3.8) is 0 Å². The summed E-state index contributed by atoms with van der Waals surface area (Å²) < 4.78 is 0. The maximum atomic E-state index is 11.8. The predicted molar refractivity (Wildman–Crippen MR) is 75.1 cm³/mol. The van der Waals surface area contributed by atoms with Crippen molar-refractivity contribution < 1.29 is 4.79 Å². The summed E-state index contributed by atoms with van der Waals surface area (Å²) in [6.45, 7) is 0.688. The molecule has 98 valence electrons. The van der Waals surface area contributed by atoms with Crippen LogP contribution in [0.15, 0.2) is 24.3 Å². The molecule has 2 atom stereocenters.